The van der Waals surface area contributed by atoms with Gasteiger partial charge in [-0.2, -0.15) is 0 Å². The van der Waals surface area contributed by atoms with E-state index in [-0.39, 0.29) is 23.8 Å². The summed E-state index contributed by atoms with van der Waals surface area (Å²) in [6, 6.07) is 7.39. The van der Waals surface area contributed by atoms with Crippen molar-refractivity contribution in [2.75, 3.05) is 82.4 Å². The molecule has 2 saturated carbocycles. The minimum absolute atomic E-state index is 0.0809. The van der Waals surface area contributed by atoms with Gasteiger partial charge in [-0.25, -0.2) is 15.0 Å². The Balaban J connectivity index is 0.673. The van der Waals surface area contributed by atoms with Gasteiger partial charge >= 0.3 is 0 Å². The Kier molecular flexibility index (Phi) is 10.3. The Morgan fingerprint density at radius 2 is 1.52 bits per heavy atom. The molecule has 0 bridgehead atoms. The fourth-order valence-electron chi connectivity index (χ4n) is 10.2. The lowest BCUT2D eigenvalue weighted by atomic mass is 9.81. The standard InChI is InChI=1S/C45H56N10O5/c1-45(11-12-45)60-41-21-32-33(23-46-36(32)24-47-41)35-22-39(49-28-48-35)54-19-15-52(16-20-54)26-30-5-3-29(4-6-30)25-51-13-17-53(18-14-51)37-8-7-31-34(42(37)59-2)27-55(44(31)58)38-9-10-40(56)50-43(38)57/h7-8,21-24,28-30,38,46H,3-6,9-20,25-27H2,1-2H3,(H,50,56,57)/t29-,30-,38?. The largest absolute Gasteiger partial charge is 0.494 e. The van der Waals surface area contributed by atoms with Gasteiger partial charge in [-0.1, -0.05) is 0 Å². The Morgan fingerprint density at radius 3 is 2.18 bits per heavy atom. The number of nitrogens with one attached hydrogen (secondary N) is 2. The average Bonchev–Trinajstić information content (AvgIpc) is 3.68. The van der Waals surface area contributed by atoms with Gasteiger partial charge in [0.2, 0.25) is 17.7 Å². The molecule has 4 aliphatic heterocycles. The zero-order valence-corrected chi connectivity index (χ0v) is 34.8. The number of piperazine rings is 2. The summed E-state index contributed by atoms with van der Waals surface area (Å²) < 4.78 is 12.1. The Morgan fingerprint density at radius 1 is 0.817 bits per heavy atom. The molecule has 15 heteroatoms. The highest BCUT2D eigenvalue weighted by atomic mass is 16.5. The van der Waals surface area contributed by atoms with Crippen molar-refractivity contribution in [2.24, 2.45) is 11.8 Å². The summed E-state index contributed by atoms with van der Waals surface area (Å²) >= 11 is 0. The first-order valence-corrected chi connectivity index (χ1v) is 22.0. The van der Waals surface area contributed by atoms with Crippen LogP contribution < -0.4 is 24.6 Å². The van der Waals surface area contributed by atoms with Crippen LogP contribution in [0.2, 0.25) is 0 Å². The number of amides is 3. The van der Waals surface area contributed by atoms with Crippen LogP contribution in [0.4, 0.5) is 11.5 Å². The predicted molar refractivity (Wildman–Crippen MR) is 227 cm³/mol. The van der Waals surface area contributed by atoms with Crippen molar-refractivity contribution in [3.63, 3.8) is 0 Å². The number of pyridine rings is 1. The second-order valence-corrected chi connectivity index (χ2v) is 18.1. The highest BCUT2D eigenvalue weighted by Crippen LogP contribution is 2.42. The topological polar surface area (TPSA) is 152 Å². The molecule has 3 aromatic heterocycles. The number of methoxy groups -OCH3 is 1. The molecule has 7 heterocycles. The monoisotopic (exact) mass is 816 g/mol. The van der Waals surface area contributed by atoms with Gasteiger partial charge in [-0.05, 0) is 75.8 Å². The second-order valence-electron chi connectivity index (χ2n) is 18.1. The van der Waals surface area contributed by atoms with Crippen molar-refractivity contribution in [3.8, 4) is 22.9 Å². The van der Waals surface area contributed by atoms with E-state index in [9.17, 15) is 14.4 Å². The lowest BCUT2D eigenvalue weighted by Gasteiger charge is -2.41. The summed E-state index contributed by atoms with van der Waals surface area (Å²) in [6.07, 6.45) is 13.4. The van der Waals surface area contributed by atoms with Gasteiger partial charge in [0.15, 0.2) is 0 Å². The molecule has 316 valence electrons. The fraction of sp³-hybridized carbons (Fsp3) is 0.556. The molecule has 1 atom stereocenters. The van der Waals surface area contributed by atoms with Gasteiger partial charge in [-0.15, -0.1) is 0 Å². The minimum atomic E-state index is -0.641. The van der Waals surface area contributed by atoms with Gasteiger partial charge in [0, 0.05) is 112 Å². The lowest BCUT2D eigenvalue weighted by Crippen LogP contribution is -2.52. The first-order chi connectivity index (χ1) is 29.2. The Hall–Kier alpha value is -5.28. The summed E-state index contributed by atoms with van der Waals surface area (Å²) in [5, 5.41) is 3.45. The van der Waals surface area contributed by atoms with Crippen LogP contribution in [0, 0.1) is 11.8 Å². The molecule has 0 spiro atoms. The van der Waals surface area contributed by atoms with Gasteiger partial charge in [0.05, 0.1) is 36.7 Å². The van der Waals surface area contributed by atoms with E-state index in [2.05, 4.69) is 52.9 Å². The molecule has 3 amide bonds. The molecular weight excluding hydrogens is 761 g/mol. The van der Waals surface area contributed by atoms with E-state index >= 15 is 0 Å². The minimum Gasteiger partial charge on any atom is -0.494 e. The molecule has 1 aromatic carbocycles. The predicted octanol–water partition coefficient (Wildman–Crippen LogP) is 4.47. The number of ether oxygens (including phenoxy) is 2. The van der Waals surface area contributed by atoms with Crippen molar-refractivity contribution < 1.29 is 23.9 Å². The number of carbonyl (C=O) groups excluding carboxylic acids is 3. The number of H-pyrrole nitrogens is 1. The van der Waals surface area contributed by atoms with Crippen LogP contribution >= 0.6 is 0 Å². The number of benzene rings is 1. The summed E-state index contributed by atoms with van der Waals surface area (Å²) in [4.78, 5) is 66.6. The number of anilines is 2. The van der Waals surface area contributed by atoms with E-state index in [1.165, 1.54) is 32.2 Å². The summed E-state index contributed by atoms with van der Waals surface area (Å²) in [5.74, 6) is 3.00. The summed E-state index contributed by atoms with van der Waals surface area (Å²) in [7, 11) is 1.66. The zero-order chi connectivity index (χ0) is 41.0. The van der Waals surface area contributed by atoms with Gasteiger partial charge < -0.3 is 29.2 Å². The maximum Gasteiger partial charge on any atom is 0.255 e. The van der Waals surface area contributed by atoms with E-state index < -0.39 is 11.9 Å². The third-order valence-electron chi connectivity index (χ3n) is 14.0. The molecule has 3 saturated heterocycles. The number of fused-ring (bicyclic) bond motifs is 2. The average molecular weight is 817 g/mol. The van der Waals surface area contributed by atoms with Crippen LogP contribution in [-0.4, -0.2) is 137 Å². The zero-order valence-electron chi connectivity index (χ0n) is 34.8. The molecule has 60 heavy (non-hydrogen) atoms. The molecular formula is C45H56N10O5. The number of rotatable bonds is 11. The van der Waals surface area contributed by atoms with Crippen molar-refractivity contribution >= 4 is 40.1 Å². The molecule has 2 N–H and O–H groups in total. The third kappa shape index (κ3) is 7.77. The molecule has 4 aromatic rings. The third-order valence-corrected chi connectivity index (χ3v) is 14.0. The first-order valence-electron chi connectivity index (χ1n) is 22.0. The van der Waals surface area contributed by atoms with Crippen LogP contribution in [0.1, 0.15) is 74.2 Å². The van der Waals surface area contributed by atoms with E-state index in [4.69, 9.17) is 14.5 Å². The summed E-state index contributed by atoms with van der Waals surface area (Å²) in [6.45, 7) is 12.6. The van der Waals surface area contributed by atoms with Crippen LogP contribution in [0.15, 0.2) is 43.0 Å². The molecule has 2 aliphatic carbocycles. The van der Waals surface area contributed by atoms with E-state index in [1.807, 2.05) is 30.6 Å². The number of hydrogen-bond acceptors (Lipinski definition) is 12. The van der Waals surface area contributed by atoms with Gasteiger partial charge in [0.1, 0.15) is 29.5 Å². The first kappa shape index (κ1) is 38.9. The van der Waals surface area contributed by atoms with Crippen LogP contribution in [-0.2, 0) is 16.1 Å². The molecule has 10 rings (SSSR count). The van der Waals surface area contributed by atoms with Crippen molar-refractivity contribution in [1.29, 1.82) is 0 Å². The van der Waals surface area contributed by atoms with E-state index in [0.717, 1.165) is 129 Å². The number of aromatic nitrogens is 4. The summed E-state index contributed by atoms with van der Waals surface area (Å²) in [5.41, 5.74) is 5.24. The smallest absolute Gasteiger partial charge is 0.255 e. The number of imide groups is 1. The maximum absolute atomic E-state index is 13.4. The number of carbonyl (C=O) groups is 3. The number of nitrogens with zero attached hydrogens (tertiary/aromatic N) is 8. The SMILES string of the molecule is COc1c(N2CCN(C[C@H]3CC[C@H](CN4CCN(c5cc(-c6c[nH]c7cnc(OC8(C)CC8)cc67)ncn5)CC4)CC3)CC2)ccc2c1CN(C1CCC(=O)NC1=O)C2=O. The van der Waals surface area contributed by atoms with E-state index in [1.54, 1.807) is 18.3 Å². The maximum atomic E-state index is 13.4. The fourth-order valence-corrected chi connectivity index (χ4v) is 10.2. The number of aromatic amines is 1. The molecule has 0 radical (unpaired) electrons. The van der Waals surface area contributed by atoms with Crippen molar-refractivity contribution in [3.05, 3.63) is 54.1 Å². The second kappa shape index (κ2) is 16.0. The quantitative estimate of drug-likeness (QED) is 0.206. The molecule has 6 aliphatic rings. The number of piperidine rings is 1. The van der Waals surface area contributed by atoms with Crippen LogP contribution in [0.25, 0.3) is 22.2 Å². The number of hydrogen-bond donors (Lipinski definition) is 2. The Bertz CT molecular complexity index is 2270. The molecule has 5 fully saturated rings. The van der Waals surface area contributed by atoms with Crippen LogP contribution in [0.3, 0.4) is 0 Å². The molecule has 15 nitrogen and oxygen atoms in total. The Labute approximate surface area is 350 Å². The highest BCUT2D eigenvalue weighted by molar-refractivity contribution is 6.06. The van der Waals surface area contributed by atoms with E-state index in [0.29, 0.717) is 24.4 Å². The highest BCUT2D eigenvalue weighted by Gasteiger charge is 2.42. The normalized spacial score (nSPS) is 24.8. The van der Waals surface area contributed by atoms with Gasteiger partial charge in [-0.3, -0.25) is 29.5 Å². The molecule has 1 unspecified atom stereocenters. The lowest BCUT2D eigenvalue weighted by molar-refractivity contribution is -0.136. The van der Waals surface area contributed by atoms with Gasteiger partial charge in [0.25, 0.3) is 5.91 Å². The van der Waals surface area contributed by atoms with Crippen LogP contribution in [0.5, 0.6) is 11.6 Å². The van der Waals surface area contributed by atoms with Crippen molar-refractivity contribution in [2.45, 2.75) is 76.5 Å². The van der Waals surface area contributed by atoms with Crippen molar-refractivity contribution in [1.82, 2.24) is 40.0 Å².